The molecule has 1 aromatic heterocycles. The molecule has 4 nitrogen and oxygen atoms in total. The number of nitrogens with two attached hydrogens (primary N) is 1. The molecular weight excluding hydrogens is 270 g/mol. The lowest BCUT2D eigenvalue weighted by Crippen LogP contribution is -2.22. The average molecular weight is 289 g/mol. The van der Waals surface area contributed by atoms with Crippen LogP contribution in [-0.4, -0.2) is 5.91 Å². The maximum absolute atomic E-state index is 12.1. The molecular formula is C15H19N3OS. The summed E-state index contributed by atoms with van der Waals surface area (Å²) in [6.45, 7) is 6.65. The maximum atomic E-state index is 12.1. The van der Waals surface area contributed by atoms with Crippen LogP contribution in [0.15, 0.2) is 24.3 Å². The van der Waals surface area contributed by atoms with Crippen molar-refractivity contribution >= 4 is 22.9 Å². The molecule has 0 radical (unpaired) electrons. The summed E-state index contributed by atoms with van der Waals surface area (Å²) < 4.78 is 0. The predicted molar refractivity (Wildman–Crippen MR) is 84.0 cm³/mol. The second-order valence-electron chi connectivity index (χ2n) is 4.81. The molecule has 1 aromatic carbocycles. The Morgan fingerprint density at radius 2 is 1.95 bits per heavy atom. The van der Waals surface area contributed by atoms with Crippen molar-refractivity contribution in [2.75, 3.05) is 5.43 Å². The van der Waals surface area contributed by atoms with Crippen molar-refractivity contribution in [2.24, 2.45) is 5.84 Å². The molecule has 0 unspecified atom stereocenters. The Morgan fingerprint density at radius 1 is 1.20 bits per heavy atom. The number of anilines is 1. The van der Waals surface area contributed by atoms with Crippen molar-refractivity contribution in [2.45, 2.75) is 27.3 Å². The zero-order valence-corrected chi connectivity index (χ0v) is 12.7. The Labute approximate surface area is 123 Å². The monoisotopic (exact) mass is 289 g/mol. The number of rotatable bonds is 4. The number of carbonyl (C=O) groups excluding carboxylic acids is 1. The Morgan fingerprint density at radius 3 is 2.50 bits per heavy atom. The lowest BCUT2D eigenvalue weighted by atomic mass is 10.1. The maximum Gasteiger partial charge on any atom is 0.251 e. The number of amides is 1. The van der Waals surface area contributed by atoms with E-state index in [-0.39, 0.29) is 5.91 Å². The molecule has 0 saturated heterocycles. The van der Waals surface area contributed by atoms with Gasteiger partial charge in [0.05, 0.1) is 12.2 Å². The summed E-state index contributed by atoms with van der Waals surface area (Å²) in [4.78, 5) is 14.6. The number of thiophene rings is 1. The van der Waals surface area contributed by atoms with Crippen LogP contribution < -0.4 is 16.6 Å². The molecule has 2 rings (SSSR count). The van der Waals surface area contributed by atoms with Gasteiger partial charge < -0.3 is 10.7 Å². The fourth-order valence-electron chi connectivity index (χ4n) is 1.97. The standard InChI is InChI=1S/C15H19N3OS/c1-9-7-13(20-11(9)3)8-17-15(19)12-4-5-14(18-16)10(2)6-12/h4-7,18H,8,16H2,1-3H3,(H,17,19). The third-order valence-corrected chi connectivity index (χ3v) is 4.44. The third kappa shape index (κ3) is 3.18. The molecule has 0 aliphatic carbocycles. The van der Waals surface area contributed by atoms with Crippen LogP contribution in [-0.2, 0) is 6.54 Å². The molecule has 0 fully saturated rings. The molecule has 0 atom stereocenters. The highest BCUT2D eigenvalue weighted by Crippen LogP contribution is 2.20. The van der Waals surface area contributed by atoms with Crippen molar-refractivity contribution < 1.29 is 4.79 Å². The molecule has 1 amide bonds. The lowest BCUT2D eigenvalue weighted by Gasteiger charge is -2.08. The number of carbonyl (C=O) groups is 1. The topological polar surface area (TPSA) is 67.2 Å². The first-order chi connectivity index (χ1) is 9.51. The molecule has 0 aliphatic rings. The Hall–Kier alpha value is -1.85. The van der Waals surface area contributed by atoms with Gasteiger partial charge in [-0.25, -0.2) is 0 Å². The lowest BCUT2D eigenvalue weighted by molar-refractivity contribution is 0.0951. The molecule has 0 spiro atoms. The molecule has 20 heavy (non-hydrogen) atoms. The number of hydrogen-bond donors (Lipinski definition) is 3. The van der Waals surface area contributed by atoms with Crippen molar-refractivity contribution in [3.63, 3.8) is 0 Å². The van der Waals surface area contributed by atoms with Crippen molar-refractivity contribution in [1.82, 2.24) is 5.32 Å². The summed E-state index contributed by atoms with van der Waals surface area (Å²) in [7, 11) is 0. The average Bonchev–Trinajstić information content (AvgIpc) is 2.75. The van der Waals surface area contributed by atoms with Gasteiger partial charge in [0.2, 0.25) is 0 Å². The second kappa shape index (κ2) is 6.07. The fraction of sp³-hybridized carbons (Fsp3) is 0.267. The van der Waals surface area contributed by atoms with Crippen LogP contribution in [0.2, 0.25) is 0 Å². The number of hydrogen-bond acceptors (Lipinski definition) is 4. The number of hydrazine groups is 1. The van der Waals surface area contributed by atoms with Crippen LogP contribution in [0.4, 0.5) is 5.69 Å². The van der Waals surface area contributed by atoms with Crippen LogP contribution >= 0.6 is 11.3 Å². The van der Waals surface area contributed by atoms with Crippen molar-refractivity contribution in [3.05, 3.63) is 50.7 Å². The molecule has 0 saturated carbocycles. The van der Waals surface area contributed by atoms with Gasteiger partial charge in [0.25, 0.3) is 5.91 Å². The van der Waals surface area contributed by atoms with Crippen LogP contribution in [0.1, 0.15) is 31.2 Å². The number of benzene rings is 1. The van der Waals surface area contributed by atoms with Gasteiger partial charge in [0.15, 0.2) is 0 Å². The van der Waals surface area contributed by atoms with Crippen molar-refractivity contribution in [1.29, 1.82) is 0 Å². The summed E-state index contributed by atoms with van der Waals surface area (Å²) in [5.74, 6) is 5.31. The summed E-state index contributed by atoms with van der Waals surface area (Å²) in [6.07, 6.45) is 0. The zero-order chi connectivity index (χ0) is 14.7. The smallest absolute Gasteiger partial charge is 0.251 e. The highest BCUT2D eigenvalue weighted by molar-refractivity contribution is 7.12. The summed E-state index contributed by atoms with van der Waals surface area (Å²) >= 11 is 1.72. The zero-order valence-electron chi connectivity index (χ0n) is 11.9. The van der Waals surface area contributed by atoms with Crippen LogP contribution in [0, 0.1) is 20.8 Å². The minimum atomic E-state index is -0.0691. The van der Waals surface area contributed by atoms with E-state index in [0.29, 0.717) is 12.1 Å². The van der Waals surface area contributed by atoms with Crippen LogP contribution in [0.25, 0.3) is 0 Å². The van der Waals surface area contributed by atoms with E-state index >= 15 is 0 Å². The largest absolute Gasteiger partial charge is 0.347 e. The van der Waals surface area contributed by atoms with E-state index < -0.39 is 0 Å². The van der Waals surface area contributed by atoms with E-state index in [0.717, 1.165) is 11.3 Å². The third-order valence-electron chi connectivity index (χ3n) is 3.28. The van der Waals surface area contributed by atoms with Gasteiger partial charge in [-0.05, 0) is 56.2 Å². The van der Waals surface area contributed by atoms with Crippen LogP contribution in [0.5, 0.6) is 0 Å². The molecule has 2 aromatic rings. The number of aryl methyl sites for hydroxylation is 3. The van der Waals surface area contributed by atoms with E-state index in [1.54, 1.807) is 17.4 Å². The summed E-state index contributed by atoms with van der Waals surface area (Å²) in [5.41, 5.74) is 6.29. The van der Waals surface area contributed by atoms with E-state index in [4.69, 9.17) is 5.84 Å². The summed E-state index contributed by atoms with van der Waals surface area (Å²) in [5, 5.41) is 2.94. The molecule has 4 N–H and O–H groups in total. The van der Waals surface area contributed by atoms with Gasteiger partial charge >= 0.3 is 0 Å². The Balaban J connectivity index is 2.03. The quantitative estimate of drug-likeness (QED) is 0.599. The van der Waals surface area contributed by atoms with Gasteiger partial charge in [-0.3, -0.25) is 10.6 Å². The molecule has 1 heterocycles. The van der Waals surface area contributed by atoms with Gasteiger partial charge in [0.1, 0.15) is 0 Å². The van der Waals surface area contributed by atoms with E-state index in [2.05, 4.69) is 30.7 Å². The van der Waals surface area contributed by atoms with Gasteiger partial charge in [-0.15, -0.1) is 11.3 Å². The highest BCUT2D eigenvalue weighted by Gasteiger charge is 2.08. The molecule has 0 aliphatic heterocycles. The first-order valence-electron chi connectivity index (χ1n) is 6.42. The number of nitrogen functional groups attached to an aromatic ring is 1. The fourth-order valence-corrected chi connectivity index (χ4v) is 2.97. The molecule has 0 bridgehead atoms. The predicted octanol–water partition coefficient (Wildman–Crippen LogP) is 2.89. The van der Waals surface area contributed by atoms with E-state index in [1.807, 2.05) is 19.1 Å². The van der Waals surface area contributed by atoms with E-state index in [9.17, 15) is 4.79 Å². The first-order valence-corrected chi connectivity index (χ1v) is 7.24. The minimum absolute atomic E-state index is 0.0691. The highest BCUT2D eigenvalue weighted by atomic mass is 32.1. The molecule has 5 heteroatoms. The van der Waals surface area contributed by atoms with Crippen molar-refractivity contribution in [3.8, 4) is 0 Å². The normalized spacial score (nSPS) is 10.4. The van der Waals surface area contributed by atoms with E-state index in [1.165, 1.54) is 15.3 Å². The van der Waals surface area contributed by atoms with Gasteiger partial charge in [-0.1, -0.05) is 0 Å². The summed E-state index contributed by atoms with van der Waals surface area (Å²) in [6, 6.07) is 7.52. The second-order valence-corrected chi connectivity index (χ2v) is 6.15. The van der Waals surface area contributed by atoms with Gasteiger partial charge in [0, 0.05) is 15.3 Å². The Kier molecular flexibility index (Phi) is 4.42. The number of nitrogens with one attached hydrogen (secondary N) is 2. The van der Waals surface area contributed by atoms with Gasteiger partial charge in [-0.2, -0.15) is 0 Å². The SMILES string of the molecule is Cc1cc(C(=O)NCc2cc(C)c(C)s2)ccc1NN. The first kappa shape index (κ1) is 14.6. The Bertz CT molecular complexity index is 615. The minimum Gasteiger partial charge on any atom is -0.347 e. The van der Waals surface area contributed by atoms with Crippen LogP contribution in [0.3, 0.4) is 0 Å². The molecule has 106 valence electrons.